The van der Waals surface area contributed by atoms with Gasteiger partial charge in [-0.1, -0.05) is 36.4 Å². The largest absolute Gasteiger partial charge is 0.313 e. The number of nitrogens with one attached hydrogen (secondary N) is 1. The highest BCUT2D eigenvalue weighted by molar-refractivity contribution is 5.26. The molecule has 1 fully saturated rings. The molecule has 1 N–H and O–H groups in total. The summed E-state index contributed by atoms with van der Waals surface area (Å²) in [7, 11) is 0. The van der Waals surface area contributed by atoms with Crippen molar-refractivity contribution in [2.24, 2.45) is 0 Å². The number of hydrogen-bond donors (Lipinski definition) is 1. The fourth-order valence-corrected chi connectivity index (χ4v) is 3.10. The van der Waals surface area contributed by atoms with Crippen molar-refractivity contribution in [2.75, 3.05) is 19.6 Å². The summed E-state index contributed by atoms with van der Waals surface area (Å²) in [6.45, 7) is 8.43. The van der Waals surface area contributed by atoms with E-state index in [1.807, 2.05) is 12.3 Å². The second-order valence-electron chi connectivity index (χ2n) is 6.01. The molecule has 1 saturated heterocycles. The van der Waals surface area contributed by atoms with Crippen LogP contribution in [0.4, 0.5) is 0 Å². The van der Waals surface area contributed by atoms with Crippen molar-refractivity contribution in [3.63, 3.8) is 0 Å². The Morgan fingerprint density at radius 2 is 2.00 bits per heavy atom. The molecule has 0 amide bonds. The maximum atomic E-state index is 4.57. The van der Waals surface area contributed by atoms with Crippen molar-refractivity contribution >= 4 is 0 Å². The summed E-state index contributed by atoms with van der Waals surface area (Å²) in [5, 5.41) is 3.54. The summed E-state index contributed by atoms with van der Waals surface area (Å²) in [6, 6.07) is 14.9. The maximum absolute atomic E-state index is 4.57. The third-order valence-corrected chi connectivity index (χ3v) is 4.58. The summed E-state index contributed by atoms with van der Waals surface area (Å²) >= 11 is 0. The molecule has 1 unspecified atom stereocenters. The Morgan fingerprint density at radius 3 is 2.76 bits per heavy atom. The quantitative estimate of drug-likeness (QED) is 0.937. The molecule has 3 nitrogen and oxygen atoms in total. The minimum atomic E-state index is 0.0173. The van der Waals surface area contributed by atoms with E-state index < -0.39 is 0 Å². The predicted molar refractivity (Wildman–Crippen MR) is 86.0 cm³/mol. The lowest BCUT2D eigenvalue weighted by molar-refractivity contribution is 0.0635. The highest BCUT2D eigenvalue weighted by Gasteiger charge is 2.36. The summed E-state index contributed by atoms with van der Waals surface area (Å²) < 4.78 is 0. The molecule has 1 aromatic carbocycles. The number of aryl methyl sites for hydroxylation is 1. The summed E-state index contributed by atoms with van der Waals surface area (Å²) in [6.07, 6.45) is 1.89. The molecule has 110 valence electrons. The molecule has 0 radical (unpaired) electrons. The molecule has 3 heteroatoms. The van der Waals surface area contributed by atoms with Gasteiger partial charge in [0.05, 0.1) is 11.2 Å². The zero-order chi connectivity index (χ0) is 14.7. The molecular formula is C18H23N3. The summed E-state index contributed by atoms with van der Waals surface area (Å²) in [5.41, 5.74) is 3.84. The third kappa shape index (κ3) is 2.85. The molecule has 1 aliphatic heterocycles. The molecule has 1 aromatic heterocycles. The van der Waals surface area contributed by atoms with Crippen LogP contribution in [-0.2, 0) is 12.1 Å². The molecule has 1 aliphatic rings. The van der Waals surface area contributed by atoms with Gasteiger partial charge in [-0.2, -0.15) is 0 Å². The smallest absolute Gasteiger partial charge is 0.0573 e. The molecule has 2 heterocycles. The number of pyridine rings is 1. The zero-order valence-corrected chi connectivity index (χ0v) is 12.8. The first-order valence-electron chi connectivity index (χ1n) is 7.62. The van der Waals surface area contributed by atoms with Crippen LogP contribution in [0.5, 0.6) is 0 Å². The topological polar surface area (TPSA) is 28.2 Å². The Morgan fingerprint density at radius 1 is 1.19 bits per heavy atom. The lowest BCUT2D eigenvalue weighted by atomic mass is 9.88. The van der Waals surface area contributed by atoms with Crippen LogP contribution in [0.1, 0.15) is 23.7 Å². The van der Waals surface area contributed by atoms with Crippen LogP contribution in [-0.4, -0.2) is 29.5 Å². The Kier molecular flexibility index (Phi) is 4.04. The third-order valence-electron chi connectivity index (χ3n) is 4.58. The van der Waals surface area contributed by atoms with Gasteiger partial charge >= 0.3 is 0 Å². The van der Waals surface area contributed by atoms with E-state index in [9.17, 15) is 0 Å². The van der Waals surface area contributed by atoms with E-state index in [-0.39, 0.29) is 5.54 Å². The normalized spacial score (nSPS) is 23.1. The van der Waals surface area contributed by atoms with Gasteiger partial charge in [0, 0.05) is 32.4 Å². The van der Waals surface area contributed by atoms with Gasteiger partial charge < -0.3 is 5.32 Å². The molecule has 1 atom stereocenters. The minimum Gasteiger partial charge on any atom is -0.313 e. The van der Waals surface area contributed by atoms with Crippen LogP contribution in [0.25, 0.3) is 0 Å². The van der Waals surface area contributed by atoms with Crippen LogP contribution < -0.4 is 5.32 Å². The zero-order valence-electron chi connectivity index (χ0n) is 12.8. The summed E-state index contributed by atoms with van der Waals surface area (Å²) in [5.74, 6) is 0. The number of benzene rings is 1. The van der Waals surface area contributed by atoms with E-state index in [0.29, 0.717) is 0 Å². The van der Waals surface area contributed by atoms with Crippen molar-refractivity contribution < 1.29 is 0 Å². The van der Waals surface area contributed by atoms with E-state index in [4.69, 9.17) is 0 Å². The Bertz CT molecular complexity index is 596. The first-order chi connectivity index (χ1) is 10.2. The Labute approximate surface area is 127 Å². The van der Waals surface area contributed by atoms with E-state index >= 15 is 0 Å². The van der Waals surface area contributed by atoms with Crippen LogP contribution >= 0.6 is 0 Å². The van der Waals surface area contributed by atoms with Crippen LogP contribution in [0.15, 0.2) is 48.7 Å². The standard InChI is InChI=1S/C18H23N3/c1-15-7-6-10-20-17(15)13-21-12-11-19-14-18(21,2)16-8-4-3-5-9-16/h3-10,19H,11-14H2,1-2H3. The summed E-state index contributed by atoms with van der Waals surface area (Å²) in [4.78, 5) is 7.12. The van der Waals surface area contributed by atoms with Crippen LogP contribution in [0.3, 0.4) is 0 Å². The molecule has 2 aromatic rings. The SMILES string of the molecule is Cc1cccnc1CN1CCNCC1(C)c1ccccc1. The highest BCUT2D eigenvalue weighted by atomic mass is 15.3. The van der Waals surface area contributed by atoms with Crippen molar-refractivity contribution in [1.82, 2.24) is 15.2 Å². The Balaban J connectivity index is 1.90. The van der Waals surface area contributed by atoms with Gasteiger partial charge in [-0.05, 0) is 31.0 Å². The molecule has 0 spiro atoms. The average molecular weight is 281 g/mol. The molecule has 0 aliphatic carbocycles. The first kappa shape index (κ1) is 14.2. The van der Waals surface area contributed by atoms with Gasteiger partial charge in [-0.3, -0.25) is 9.88 Å². The molecule has 0 bridgehead atoms. The number of piperazine rings is 1. The minimum absolute atomic E-state index is 0.0173. The van der Waals surface area contributed by atoms with Crippen molar-refractivity contribution in [3.05, 3.63) is 65.5 Å². The fraction of sp³-hybridized carbons (Fsp3) is 0.389. The number of rotatable bonds is 3. The average Bonchev–Trinajstić information content (AvgIpc) is 2.53. The van der Waals surface area contributed by atoms with Gasteiger partial charge in [0.1, 0.15) is 0 Å². The monoisotopic (exact) mass is 281 g/mol. The van der Waals surface area contributed by atoms with E-state index in [1.54, 1.807) is 0 Å². The van der Waals surface area contributed by atoms with E-state index in [0.717, 1.165) is 26.2 Å². The predicted octanol–water partition coefficient (Wildman–Crippen LogP) is 2.71. The molecule has 0 saturated carbocycles. The Hall–Kier alpha value is -1.71. The molecule has 3 rings (SSSR count). The van der Waals surface area contributed by atoms with Gasteiger partial charge in [-0.25, -0.2) is 0 Å². The van der Waals surface area contributed by atoms with Gasteiger partial charge in [0.15, 0.2) is 0 Å². The maximum Gasteiger partial charge on any atom is 0.0573 e. The van der Waals surface area contributed by atoms with Crippen LogP contribution in [0.2, 0.25) is 0 Å². The van der Waals surface area contributed by atoms with E-state index in [1.165, 1.54) is 16.8 Å². The van der Waals surface area contributed by atoms with Gasteiger partial charge in [0.2, 0.25) is 0 Å². The molecule has 21 heavy (non-hydrogen) atoms. The van der Waals surface area contributed by atoms with Crippen molar-refractivity contribution in [3.8, 4) is 0 Å². The highest BCUT2D eigenvalue weighted by Crippen LogP contribution is 2.30. The lowest BCUT2D eigenvalue weighted by Crippen LogP contribution is -2.57. The fourth-order valence-electron chi connectivity index (χ4n) is 3.10. The van der Waals surface area contributed by atoms with Crippen molar-refractivity contribution in [2.45, 2.75) is 25.9 Å². The number of aromatic nitrogens is 1. The molecular weight excluding hydrogens is 258 g/mol. The van der Waals surface area contributed by atoms with Gasteiger partial charge in [-0.15, -0.1) is 0 Å². The lowest BCUT2D eigenvalue weighted by Gasteiger charge is -2.45. The van der Waals surface area contributed by atoms with Crippen molar-refractivity contribution in [1.29, 1.82) is 0 Å². The van der Waals surface area contributed by atoms with Crippen LogP contribution in [0, 0.1) is 6.92 Å². The van der Waals surface area contributed by atoms with Gasteiger partial charge in [0.25, 0.3) is 0 Å². The number of hydrogen-bond acceptors (Lipinski definition) is 3. The van der Waals surface area contributed by atoms with E-state index in [2.05, 4.69) is 65.4 Å². The first-order valence-corrected chi connectivity index (χ1v) is 7.62. The number of nitrogens with zero attached hydrogens (tertiary/aromatic N) is 2. The second-order valence-corrected chi connectivity index (χ2v) is 6.01. The second kappa shape index (κ2) is 5.96.